The zero-order valence-electron chi connectivity index (χ0n) is 10.4. The van der Waals surface area contributed by atoms with E-state index in [1.807, 2.05) is 0 Å². The predicted molar refractivity (Wildman–Crippen MR) is 70.0 cm³/mol. The van der Waals surface area contributed by atoms with Gasteiger partial charge in [-0.3, -0.25) is 4.98 Å². The summed E-state index contributed by atoms with van der Waals surface area (Å²) < 4.78 is 0. The summed E-state index contributed by atoms with van der Waals surface area (Å²) in [5, 5.41) is 12.2. The number of nitrogens with zero attached hydrogens (tertiary/aromatic N) is 2. The van der Waals surface area contributed by atoms with Crippen LogP contribution in [0.15, 0.2) is 18.5 Å². The Morgan fingerprint density at radius 2 is 2.22 bits per heavy atom. The van der Waals surface area contributed by atoms with Gasteiger partial charge in [-0.1, -0.05) is 0 Å². The van der Waals surface area contributed by atoms with E-state index in [1.54, 1.807) is 12.3 Å². The zero-order valence-corrected chi connectivity index (χ0v) is 10.4. The first-order valence-corrected chi connectivity index (χ1v) is 6.41. The maximum absolute atomic E-state index is 11.0. The Labute approximate surface area is 107 Å². The Bertz CT molecular complexity index is 403. The van der Waals surface area contributed by atoms with Crippen LogP contribution >= 0.6 is 0 Å². The van der Waals surface area contributed by atoms with Gasteiger partial charge in [0, 0.05) is 18.9 Å². The van der Waals surface area contributed by atoms with Gasteiger partial charge in [-0.05, 0) is 45.0 Å². The van der Waals surface area contributed by atoms with Gasteiger partial charge >= 0.3 is 5.97 Å². The standard InChI is InChI=1S/C13H19N3O2/c17-13(18)11-10-14-6-4-12(11)15-5-3-9-16-7-1-2-8-16/h4,6,10H,1-3,5,7-9H2,(H,14,15)(H,17,18). The fraction of sp³-hybridized carbons (Fsp3) is 0.538. The topological polar surface area (TPSA) is 65.5 Å². The number of likely N-dealkylation sites (tertiary alicyclic amines) is 1. The van der Waals surface area contributed by atoms with E-state index < -0.39 is 5.97 Å². The van der Waals surface area contributed by atoms with Crippen molar-refractivity contribution in [3.05, 3.63) is 24.0 Å². The molecule has 5 nitrogen and oxygen atoms in total. The SMILES string of the molecule is O=C(O)c1cnccc1NCCCN1CCCC1. The smallest absolute Gasteiger partial charge is 0.339 e. The van der Waals surface area contributed by atoms with E-state index in [0.29, 0.717) is 5.69 Å². The van der Waals surface area contributed by atoms with Crippen molar-refractivity contribution in [3.8, 4) is 0 Å². The maximum Gasteiger partial charge on any atom is 0.339 e. The van der Waals surface area contributed by atoms with E-state index in [-0.39, 0.29) is 5.56 Å². The normalized spacial score (nSPS) is 15.8. The van der Waals surface area contributed by atoms with Crippen LogP contribution in [0.1, 0.15) is 29.6 Å². The molecule has 0 saturated carbocycles. The van der Waals surface area contributed by atoms with Crippen molar-refractivity contribution < 1.29 is 9.90 Å². The third kappa shape index (κ3) is 3.43. The monoisotopic (exact) mass is 249 g/mol. The molecule has 2 heterocycles. The Kier molecular flexibility index (Phi) is 4.52. The molecule has 0 aliphatic carbocycles. The summed E-state index contributed by atoms with van der Waals surface area (Å²) in [7, 11) is 0. The number of hydrogen-bond acceptors (Lipinski definition) is 4. The molecular weight excluding hydrogens is 230 g/mol. The third-order valence-electron chi connectivity index (χ3n) is 3.22. The van der Waals surface area contributed by atoms with Gasteiger partial charge in [0.1, 0.15) is 5.56 Å². The number of aromatic nitrogens is 1. The first-order chi connectivity index (χ1) is 8.77. The highest BCUT2D eigenvalue weighted by atomic mass is 16.4. The molecule has 1 aliphatic rings. The zero-order chi connectivity index (χ0) is 12.8. The average molecular weight is 249 g/mol. The third-order valence-corrected chi connectivity index (χ3v) is 3.22. The summed E-state index contributed by atoms with van der Waals surface area (Å²) in [5.74, 6) is -0.940. The summed E-state index contributed by atoms with van der Waals surface area (Å²) in [5.41, 5.74) is 0.887. The minimum Gasteiger partial charge on any atom is -0.478 e. The molecule has 0 radical (unpaired) electrons. The van der Waals surface area contributed by atoms with Crippen molar-refractivity contribution in [1.29, 1.82) is 0 Å². The Balaban J connectivity index is 1.77. The van der Waals surface area contributed by atoms with Gasteiger partial charge in [0.25, 0.3) is 0 Å². The van der Waals surface area contributed by atoms with Crippen LogP contribution in [0.2, 0.25) is 0 Å². The van der Waals surface area contributed by atoms with Crippen molar-refractivity contribution in [1.82, 2.24) is 9.88 Å². The van der Waals surface area contributed by atoms with Gasteiger partial charge in [-0.25, -0.2) is 4.79 Å². The largest absolute Gasteiger partial charge is 0.478 e. The average Bonchev–Trinajstić information content (AvgIpc) is 2.88. The summed E-state index contributed by atoms with van der Waals surface area (Å²) in [6, 6.07) is 1.71. The van der Waals surface area contributed by atoms with Gasteiger partial charge in [-0.2, -0.15) is 0 Å². The second-order valence-electron chi connectivity index (χ2n) is 4.56. The number of anilines is 1. The van der Waals surface area contributed by atoms with Crippen LogP contribution in [0.25, 0.3) is 0 Å². The molecule has 0 unspecified atom stereocenters. The minimum atomic E-state index is -0.940. The van der Waals surface area contributed by atoms with Gasteiger partial charge < -0.3 is 15.3 Å². The Morgan fingerprint density at radius 1 is 1.44 bits per heavy atom. The molecule has 1 saturated heterocycles. The second kappa shape index (κ2) is 6.35. The number of carboxylic acid groups (broad SMARTS) is 1. The maximum atomic E-state index is 11.0. The van der Waals surface area contributed by atoms with Gasteiger partial charge in [-0.15, -0.1) is 0 Å². The van der Waals surface area contributed by atoms with Crippen molar-refractivity contribution in [2.45, 2.75) is 19.3 Å². The van der Waals surface area contributed by atoms with Crippen LogP contribution in [0.5, 0.6) is 0 Å². The first-order valence-electron chi connectivity index (χ1n) is 6.41. The predicted octanol–water partition coefficient (Wildman–Crippen LogP) is 1.68. The van der Waals surface area contributed by atoms with E-state index in [0.717, 1.165) is 19.5 Å². The van der Waals surface area contributed by atoms with E-state index in [4.69, 9.17) is 5.11 Å². The fourth-order valence-corrected chi connectivity index (χ4v) is 2.25. The summed E-state index contributed by atoms with van der Waals surface area (Å²) in [6.45, 7) is 4.28. The van der Waals surface area contributed by atoms with Crippen LogP contribution < -0.4 is 5.32 Å². The van der Waals surface area contributed by atoms with E-state index >= 15 is 0 Å². The van der Waals surface area contributed by atoms with E-state index in [9.17, 15) is 4.79 Å². The molecule has 1 aromatic rings. The lowest BCUT2D eigenvalue weighted by Crippen LogP contribution is -2.22. The minimum absolute atomic E-state index is 0.235. The molecule has 1 fully saturated rings. The Morgan fingerprint density at radius 3 is 2.94 bits per heavy atom. The number of aromatic carboxylic acids is 1. The summed E-state index contributed by atoms with van der Waals surface area (Å²) in [4.78, 5) is 17.3. The number of pyridine rings is 1. The lowest BCUT2D eigenvalue weighted by atomic mass is 10.2. The molecule has 2 N–H and O–H groups in total. The number of hydrogen-bond donors (Lipinski definition) is 2. The molecule has 0 bridgehead atoms. The molecule has 5 heteroatoms. The number of rotatable bonds is 6. The molecule has 1 aromatic heterocycles. The van der Waals surface area contributed by atoms with Gasteiger partial charge in [0.15, 0.2) is 0 Å². The van der Waals surface area contributed by atoms with Crippen LogP contribution in [0.4, 0.5) is 5.69 Å². The number of carboxylic acids is 1. The van der Waals surface area contributed by atoms with E-state index in [2.05, 4.69) is 15.2 Å². The fourth-order valence-electron chi connectivity index (χ4n) is 2.25. The van der Waals surface area contributed by atoms with Gasteiger partial charge in [0.2, 0.25) is 0 Å². The number of carbonyl (C=O) groups is 1. The second-order valence-corrected chi connectivity index (χ2v) is 4.56. The van der Waals surface area contributed by atoms with Crippen molar-refractivity contribution in [2.24, 2.45) is 0 Å². The molecule has 1 aliphatic heterocycles. The molecule has 2 rings (SSSR count). The summed E-state index contributed by atoms with van der Waals surface area (Å²) >= 11 is 0. The highest BCUT2D eigenvalue weighted by Crippen LogP contribution is 2.13. The molecule has 18 heavy (non-hydrogen) atoms. The molecular formula is C13H19N3O2. The lowest BCUT2D eigenvalue weighted by Gasteiger charge is -2.15. The van der Waals surface area contributed by atoms with Crippen molar-refractivity contribution in [2.75, 3.05) is 31.5 Å². The molecule has 0 amide bonds. The lowest BCUT2D eigenvalue weighted by molar-refractivity contribution is 0.0697. The highest BCUT2D eigenvalue weighted by Gasteiger charge is 2.11. The molecule has 0 spiro atoms. The first kappa shape index (κ1) is 12.8. The van der Waals surface area contributed by atoms with E-state index in [1.165, 1.54) is 32.1 Å². The van der Waals surface area contributed by atoms with Gasteiger partial charge in [0.05, 0.1) is 5.69 Å². The highest BCUT2D eigenvalue weighted by molar-refractivity contribution is 5.93. The van der Waals surface area contributed by atoms with Crippen LogP contribution in [-0.4, -0.2) is 47.1 Å². The van der Waals surface area contributed by atoms with Crippen LogP contribution in [0, 0.1) is 0 Å². The number of nitrogens with one attached hydrogen (secondary N) is 1. The van der Waals surface area contributed by atoms with Crippen molar-refractivity contribution in [3.63, 3.8) is 0 Å². The quantitative estimate of drug-likeness (QED) is 0.751. The van der Waals surface area contributed by atoms with Crippen LogP contribution in [-0.2, 0) is 0 Å². The van der Waals surface area contributed by atoms with Crippen molar-refractivity contribution >= 4 is 11.7 Å². The Hall–Kier alpha value is -1.62. The molecule has 0 aromatic carbocycles. The molecule has 0 atom stereocenters. The summed E-state index contributed by atoms with van der Waals surface area (Å²) in [6.07, 6.45) is 6.63. The van der Waals surface area contributed by atoms with Crippen LogP contribution in [0.3, 0.4) is 0 Å². The molecule has 98 valence electrons.